The molecule has 6 nitrogen and oxygen atoms in total. The van der Waals surface area contributed by atoms with E-state index in [-0.39, 0.29) is 23.5 Å². The van der Waals surface area contributed by atoms with Crippen molar-refractivity contribution in [2.75, 3.05) is 11.1 Å². The van der Waals surface area contributed by atoms with Crippen molar-refractivity contribution < 1.29 is 9.18 Å². The van der Waals surface area contributed by atoms with Crippen LogP contribution in [0.3, 0.4) is 0 Å². The van der Waals surface area contributed by atoms with Crippen LogP contribution in [0.1, 0.15) is 19.9 Å². The van der Waals surface area contributed by atoms with Gasteiger partial charge in [0.25, 0.3) is 0 Å². The fourth-order valence-electron chi connectivity index (χ4n) is 2.35. The molecule has 2 heterocycles. The topological polar surface area (TPSA) is 64.7 Å². The Balaban J connectivity index is 1.65. The number of nitrogens with one attached hydrogen (secondary N) is 1. The Morgan fingerprint density at radius 2 is 2.16 bits per heavy atom. The summed E-state index contributed by atoms with van der Waals surface area (Å²) in [5, 5.41) is 7.65. The molecule has 1 amide bonds. The number of benzene rings is 1. The fourth-order valence-corrected chi connectivity index (χ4v) is 3.13. The van der Waals surface area contributed by atoms with E-state index in [1.807, 2.05) is 13.8 Å². The number of hydrogen-bond acceptors (Lipinski definition) is 4. The number of anilines is 1. The van der Waals surface area contributed by atoms with E-state index in [2.05, 4.69) is 15.4 Å². The van der Waals surface area contributed by atoms with Gasteiger partial charge in [-0.1, -0.05) is 17.8 Å². The first-order valence-electron chi connectivity index (χ1n) is 7.80. The van der Waals surface area contributed by atoms with Crippen molar-refractivity contribution in [2.24, 2.45) is 0 Å². The predicted molar refractivity (Wildman–Crippen MR) is 95.5 cm³/mol. The molecule has 3 rings (SSSR count). The van der Waals surface area contributed by atoms with Gasteiger partial charge in [0, 0.05) is 24.5 Å². The highest BCUT2D eigenvalue weighted by Gasteiger charge is 2.12. The number of halogens is 1. The number of imidazole rings is 1. The van der Waals surface area contributed by atoms with E-state index >= 15 is 0 Å². The lowest BCUT2D eigenvalue weighted by Crippen LogP contribution is -2.18. The molecule has 1 N–H and O–H groups in total. The average Bonchev–Trinajstić information content (AvgIpc) is 3.21. The lowest BCUT2D eigenvalue weighted by atomic mass is 10.3. The molecule has 0 saturated carbocycles. The van der Waals surface area contributed by atoms with Gasteiger partial charge in [-0.3, -0.25) is 9.36 Å². The van der Waals surface area contributed by atoms with E-state index in [0.717, 1.165) is 0 Å². The fraction of sp³-hybridized carbons (Fsp3) is 0.235. The molecule has 0 aliphatic carbocycles. The van der Waals surface area contributed by atoms with Crippen molar-refractivity contribution in [3.63, 3.8) is 0 Å². The van der Waals surface area contributed by atoms with E-state index in [9.17, 15) is 9.18 Å². The van der Waals surface area contributed by atoms with Crippen LogP contribution in [0.5, 0.6) is 0 Å². The first-order chi connectivity index (χ1) is 12.0. The number of nitrogens with zero attached hydrogens (tertiary/aromatic N) is 4. The summed E-state index contributed by atoms with van der Waals surface area (Å²) < 4.78 is 16.9. The number of amides is 1. The minimum absolute atomic E-state index is 0.152. The molecular weight excluding hydrogens is 341 g/mol. The van der Waals surface area contributed by atoms with Crippen LogP contribution < -0.4 is 5.32 Å². The summed E-state index contributed by atoms with van der Waals surface area (Å²) in [5.41, 5.74) is 0.665. The Hall–Kier alpha value is -2.61. The average molecular weight is 359 g/mol. The highest BCUT2D eigenvalue weighted by atomic mass is 32.2. The third-order valence-electron chi connectivity index (χ3n) is 3.45. The Bertz CT molecular complexity index is 873. The lowest BCUT2D eigenvalue weighted by Gasteiger charge is -2.12. The van der Waals surface area contributed by atoms with Crippen LogP contribution in [0.15, 0.2) is 54.1 Å². The Morgan fingerprint density at radius 3 is 2.92 bits per heavy atom. The predicted octanol–water partition coefficient (Wildman–Crippen LogP) is 3.52. The van der Waals surface area contributed by atoms with Gasteiger partial charge in [-0.2, -0.15) is 5.10 Å². The van der Waals surface area contributed by atoms with Crippen LogP contribution in [0.25, 0.3) is 5.69 Å². The number of carbonyl (C=O) groups is 1. The number of carbonyl (C=O) groups excluding carboxylic acids is 1. The molecule has 0 bridgehead atoms. The molecule has 0 radical (unpaired) electrons. The zero-order valence-electron chi connectivity index (χ0n) is 13.9. The van der Waals surface area contributed by atoms with Gasteiger partial charge in [-0.25, -0.2) is 14.1 Å². The van der Waals surface area contributed by atoms with E-state index in [4.69, 9.17) is 0 Å². The summed E-state index contributed by atoms with van der Waals surface area (Å²) in [6.45, 7) is 3.99. The zero-order valence-corrected chi connectivity index (χ0v) is 14.7. The maximum atomic E-state index is 13.4. The van der Waals surface area contributed by atoms with Crippen LogP contribution in [0, 0.1) is 5.82 Å². The number of hydrogen-bond donors (Lipinski definition) is 1. The van der Waals surface area contributed by atoms with Crippen LogP contribution in [-0.2, 0) is 4.79 Å². The van der Waals surface area contributed by atoms with Gasteiger partial charge in [-0.15, -0.1) is 0 Å². The molecule has 3 aromatic rings. The van der Waals surface area contributed by atoms with Crippen molar-refractivity contribution in [3.05, 3.63) is 54.7 Å². The second-order valence-electron chi connectivity index (χ2n) is 5.65. The quantitative estimate of drug-likeness (QED) is 0.684. The molecule has 0 aliphatic heterocycles. The van der Waals surface area contributed by atoms with Gasteiger partial charge in [-0.05, 0) is 32.0 Å². The standard InChI is InChI=1S/C17H18FN5OS/c1-12(2)23-15(6-7-20-23)21-16(24)11-25-17-19-8-9-22(17)14-5-3-4-13(18)10-14/h3-10,12H,11H2,1-2H3,(H,21,24). The molecule has 0 spiro atoms. The first-order valence-corrected chi connectivity index (χ1v) is 8.78. The summed E-state index contributed by atoms with van der Waals surface area (Å²) in [6.07, 6.45) is 5.02. The normalized spacial score (nSPS) is 11.0. The highest BCUT2D eigenvalue weighted by molar-refractivity contribution is 7.99. The van der Waals surface area contributed by atoms with E-state index in [1.165, 1.54) is 23.9 Å². The molecule has 2 aromatic heterocycles. The summed E-state index contributed by atoms with van der Waals surface area (Å²) >= 11 is 1.29. The van der Waals surface area contributed by atoms with Gasteiger partial charge in [0.1, 0.15) is 11.6 Å². The number of thioether (sulfide) groups is 1. The summed E-state index contributed by atoms with van der Waals surface area (Å²) in [7, 11) is 0. The SMILES string of the molecule is CC(C)n1nccc1NC(=O)CSc1nccn1-c1cccc(F)c1. The molecule has 0 aliphatic rings. The van der Waals surface area contributed by atoms with Crippen molar-refractivity contribution in [2.45, 2.75) is 25.0 Å². The molecule has 25 heavy (non-hydrogen) atoms. The number of rotatable bonds is 6. The van der Waals surface area contributed by atoms with Crippen molar-refractivity contribution in [3.8, 4) is 5.69 Å². The smallest absolute Gasteiger partial charge is 0.235 e. The molecule has 0 fully saturated rings. The maximum absolute atomic E-state index is 13.4. The summed E-state index contributed by atoms with van der Waals surface area (Å²) in [5.74, 6) is 0.382. The second-order valence-corrected chi connectivity index (χ2v) is 6.59. The Kier molecular flexibility index (Phi) is 5.18. The first kappa shape index (κ1) is 17.2. The zero-order chi connectivity index (χ0) is 17.8. The Labute approximate surface area is 149 Å². The van der Waals surface area contributed by atoms with Crippen LogP contribution in [0.2, 0.25) is 0 Å². The largest absolute Gasteiger partial charge is 0.310 e. The molecular formula is C17H18FN5OS. The van der Waals surface area contributed by atoms with Crippen molar-refractivity contribution >= 4 is 23.5 Å². The van der Waals surface area contributed by atoms with Crippen LogP contribution in [0.4, 0.5) is 10.2 Å². The minimum Gasteiger partial charge on any atom is -0.310 e. The van der Waals surface area contributed by atoms with Gasteiger partial charge in [0.05, 0.1) is 17.6 Å². The second kappa shape index (κ2) is 7.52. The van der Waals surface area contributed by atoms with Gasteiger partial charge < -0.3 is 5.32 Å². The molecule has 0 atom stereocenters. The molecule has 130 valence electrons. The van der Waals surface area contributed by atoms with Crippen LogP contribution in [-0.4, -0.2) is 31.0 Å². The third-order valence-corrected chi connectivity index (χ3v) is 4.42. The summed E-state index contributed by atoms with van der Waals surface area (Å²) in [4.78, 5) is 16.5. The highest BCUT2D eigenvalue weighted by Crippen LogP contribution is 2.21. The molecule has 0 unspecified atom stereocenters. The van der Waals surface area contributed by atoms with E-state index < -0.39 is 0 Å². The summed E-state index contributed by atoms with van der Waals surface area (Å²) in [6, 6.07) is 8.15. The maximum Gasteiger partial charge on any atom is 0.235 e. The lowest BCUT2D eigenvalue weighted by molar-refractivity contribution is -0.113. The van der Waals surface area contributed by atoms with Crippen molar-refractivity contribution in [1.82, 2.24) is 19.3 Å². The van der Waals surface area contributed by atoms with Gasteiger partial charge in [0.15, 0.2) is 5.16 Å². The molecule has 8 heteroatoms. The van der Waals surface area contributed by atoms with Gasteiger partial charge >= 0.3 is 0 Å². The number of aromatic nitrogens is 4. The molecule has 0 saturated heterocycles. The molecule has 1 aromatic carbocycles. The van der Waals surface area contributed by atoms with Crippen LogP contribution >= 0.6 is 11.8 Å². The van der Waals surface area contributed by atoms with Gasteiger partial charge in [0.2, 0.25) is 5.91 Å². The monoisotopic (exact) mass is 359 g/mol. The Morgan fingerprint density at radius 1 is 1.32 bits per heavy atom. The third kappa shape index (κ3) is 4.08. The minimum atomic E-state index is -0.318. The van der Waals surface area contributed by atoms with Crippen molar-refractivity contribution in [1.29, 1.82) is 0 Å². The van der Waals surface area contributed by atoms with E-state index in [1.54, 1.807) is 46.0 Å². The van der Waals surface area contributed by atoms with E-state index in [0.29, 0.717) is 16.7 Å².